The minimum absolute atomic E-state index is 0. The number of alkyl halides is 3. The van der Waals surface area contributed by atoms with Crippen molar-refractivity contribution in [2.75, 3.05) is 0 Å². The van der Waals surface area contributed by atoms with E-state index in [4.69, 9.17) is 22.7 Å². The van der Waals surface area contributed by atoms with Crippen LogP contribution in [0.4, 0.5) is 13.2 Å². The van der Waals surface area contributed by atoms with Crippen LogP contribution in [-0.2, 0) is 6.18 Å². The second-order valence-electron chi connectivity index (χ2n) is 3.02. The van der Waals surface area contributed by atoms with E-state index in [1.165, 1.54) is 0 Å². The fourth-order valence-corrected chi connectivity index (χ4v) is 1.16. The molecule has 100 valence electrons. The summed E-state index contributed by atoms with van der Waals surface area (Å²) in [5, 5.41) is 10.4. The van der Waals surface area contributed by atoms with Crippen molar-refractivity contribution in [1.82, 2.24) is 5.43 Å². The SMILES string of the molecule is Cl.N=C(N)NN=Cc1cc(C(F)(F)F)ccc1Cl. The van der Waals surface area contributed by atoms with Gasteiger partial charge in [-0.2, -0.15) is 18.3 Å². The van der Waals surface area contributed by atoms with Crippen LogP contribution in [0.2, 0.25) is 5.02 Å². The third kappa shape index (κ3) is 4.80. The molecule has 0 aliphatic heterocycles. The van der Waals surface area contributed by atoms with Gasteiger partial charge in [0.15, 0.2) is 0 Å². The molecule has 0 aromatic heterocycles. The van der Waals surface area contributed by atoms with Gasteiger partial charge in [0.2, 0.25) is 5.96 Å². The smallest absolute Gasteiger partial charge is 0.369 e. The van der Waals surface area contributed by atoms with Gasteiger partial charge in [-0.15, -0.1) is 12.4 Å². The van der Waals surface area contributed by atoms with Crippen LogP contribution in [-0.4, -0.2) is 12.2 Å². The molecule has 4 nitrogen and oxygen atoms in total. The number of guanidine groups is 1. The summed E-state index contributed by atoms with van der Waals surface area (Å²) in [4.78, 5) is 0. The van der Waals surface area contributed by atoms with E-state index >= 15 is 0 Å². The highest BCUT2D eigenvalue weighted by Gasteiger charge is 2.30. The van der Waals surface area contributed by atoms with Crippen molar-refractivity contribution >= 4 is 36.2 Å². The number of halogens is 5. The average Bonchev–Trinajstić information content (AvgIpc) is 2.18. The van der Waals surface area contributed by atoms with Gasteiger partial charge in [0.25, 0.3) is 0 Å². The maximum atomic E-state index is 12.4. The van der Waals surface area contributed by atoms with E-state index in [0.29, 0.717) is 0 Å². The number of nitrogens with zero attached hydrogens (tertiary/aromatic N) is 1. The Balaban J connectivity index is 0.00000289. The monoisotopic (exact) mass is 300 g/mol. The minimum Gasteiger partial charge on any atom is -0.369 e. The van der Waals surface area contributed by atoms with E-state index in [9.17, 15) is 13.2 Å². The Labute approximate surface area is 112 Å². The van der Waals surface area contributed by atoms with Crippen LogP contribution in [0.1, 0.15) is 11.1 Å². The van der Waals surface area contributed by atoms with Crippen molar-refractivity contribution in [2.45, 2.75) is 6.18 Å². The first-order valence-electron chi connectivity index (χ1n) is 4.30. The molecular weight excluding hydrogens is 292 g/mol. The van der Waals surface area contributed by atoms with Crippen molar-refractivity contribution < 1.29 is 13.2 Å². The molecule has 0 aliphatic carbocycles. The molecule has 0 spiro atoms. The van der Waals surface area contributed by atoms with Crippen molar-refractivity contribution in [1.29, 1.82) is 5.41 Å². The highest BCUT2D eigenvalue weighted by Crippen LogP contribution is 2.31. The van der Waals surface area contributed by atoms with E-state index < -0.39 is 17.7 Å². The third-order valence-electron chi connectivity index (χ3n) is 1.71. The lowest BCUT2D eigenvalue weighted by Crippen LogP contribution is -2.25. The molecule has 9 heteroatoms. The summed E-state index contributed by atoms with van der Waals surface area (Å²) in [7, 11) is 0. The van der Waals surface area contributed by atoms with Crippen molar-refractivity contribution in [3.63, 3.8) is 0 Å². The maximum Gasteiger partial charge on any atom is 0.416 e. The van der Waals surface area contributed by atoms with Crippen molar-refractivity contribution in [2.24, 2.45) is 10.8 Å². The van der Waals surface area contributed by atoms with E-state index in [1.807, 2.05) is 0 Å². The molecule has 0 atom stereocenters. The fourth-order valence-electron chi connectivity index (χ4n) is 0.990. The Morgan fingerprint density at radius 2 is 2.06 bits per heavy atom. The number of hydrogen-bond acceptors (Lipinski definition) is 2. The van der Waals surface area contributed by atoms with E-state index in [1.54, 1.807) is 0 Å². The van der Waals surface area contributed by atoms with E-state index in [2.05, 4.69) is 10.5 Å². The molecule has 0 radical (unpaired) electrons. The topological polar surface area (TPSA) is 74.3 Å². The lowest BCUT2D eigenvalue weighted by molar-refractivity contribution is -0.137. The first-order valence-corrected chi connectivity index (χ1v) is 4.68. The second kappa shape index (κ2) is 6.46. The summed E-state index contributed by atoms with van der Waals surface area (Å²) < 4.78 is 37.2. The van der Waals surface area contributed by atoms with E-state index in [0.717, 1.165) is 24.4 Å². The molecule has 0 aliphatic rings. The number of hydrogen-bond donors (Lipinski definition) is 3. The lowest BCUT2D eigenvalue weighted by Gasteiger charge is -2.07. The van der Waals surface area contributed by atoms with Crippen LogP contribution in [0.25, 0.3) is 0 Å². The highest BCUT2D eigenvalue weighted by molar-refractivity contribution is 6.33. The van der Waals surface area contributed by atoms with Crippen LogP contribution in [0.5, 0.6) is 0 Å². The Morgan fingerprint density at radius 3 is 2.56 bits per heavy atom. The summed E-state index contributed by atoms with van der Waals surface area (Å²) in [5.41, 5.74) is 6.26. The largest absolute Gasteiger partial charge is 0.416 e. The van der Waals surface area contributed by atoms with Gasteiger partial charge in [0.05, 0.1) is 11.8 Å². The van der Waals surface area contributed by atoms with Gasteiger partial charge >= 0.3 is 6.18 Å². The molecular formula is C9H9Cl2F3N4. The minimum atomic E-state index is -4.44. The zero-order chi connectivity index (χ0) is 13.1. The van der Waals surface area contributed by atoms with Gasteiger partial charge in [-0.3, -0.25) is 5.41 Å². The van der Waals surface area contributed by atoms with Gasteiger partial charge in [-0.1, -0.05) is 11.6 Å². The second-order valence-corrected chi connectivity index (χ2v) is 3.42. The van der Waals surface area contributed by atoms with Gasteiger partial charge in [-0.05, 0) is 18.2 Å². The third-order valence-corrected chi connectivity index (χ3v) is 2.06. The molecule has 0 amide bonds. The Bertz CT molecular complexity index is 460. The van der Waals surface area contributed by atoms with Crippen LogP contribution < -0.4 is 11.2 Å². The van der Waals surface area contributed by atoms with E-state index in [-0.39, 0.29) is 23.0 Å². The summed E-state index contributed by atoms with van der Waals surface area (Å²) in [6, 6.07) is 2.85. The predicted octanol–water partition coefficient (Wildman–Crippen LogP) is 2.60. The number of hydrazone groups is 1. The summed E-state index contributed by atoms with van der Waals surface area (Å²) >= 11 is 5.69. The number of rotatable bonds is 2. The first kappa shape index (κ1) is 16.5. The normalized spacial score (nSPS) is 11.1. The summed E-state index contributed by atoms with van der Waals surface area (Å²) in [5.74, 6) is -0.427. The van der Waals surface area contributed by atoms with Crippen molar-refractivity contribution in [3.8, 4) is 0 Å². The van der Waals surface area contributed by atoms with Crippen LogP contribution in [0.3, 0.4) is 0 Å². The van der Waals surface area contributed by atoms with Gasteiger partial charge in [0.1, 0.15) is 0 Å². The van der Waals surface area contributed by atoms with Gasteiger partial charge < -0.3 is 5.73 Å². The highest BCUT2D eigenvalue weighted by atomic mass is 35.5. The van der Waals surface area contributed by atoms with Gasteiger partial charge in [0, 0.05) is 10.6 Å². The quantitative estimate of drug-likeness (QED) is 0.446. The Hall–Kier alpha value is -1.47. The molecule has 0 fully saturated rings. The molecule has 0 saturated carbocycles. The zero-order valence-electron chi connectivity index (χ0n) is 8.75. The summed E-state index contributed by atoms with van der Waals surface area (Å²) in [6.45, 7) is 0. The lowest BCUT2D eigenvalue weighted by atomic mass is 10.1. The molecule has 1 aromatic rings. The predicted molar refractivity (Wildman–Crippen MR) is 66.3 cm³/mol. The standard InChI is InChI=1S/C9H8ClF3N4.ClH/c10-7-2-1-6(9(11,12)13)3-5(7)4-16-17-8(14)15;/h1-4H,(H4,14,15,17);1H. The number of nitrogens with two attached hydrogens (primary N) is 1. The fraction of sp³-hybridized carbons (Fsp3) is 0.111. The molecule has 4 N–H and O–H groups in total. The maximum absolute atomic E-state index is 12.4. The molecule has 0 saturated heterocycles. The van der Waals surface area contributed by atoms with Crippen molar-refractivity contribution in [3.05, 3.63) is 34.3 Å². The Morgan fingerprint density at radius 1 is 1.44 bits per heavy atom. The molecule has 1 aromatic carbocycles. The molecule has 0 unspecified atom stereocenters. The zero-order valence-corrected chi connectivity index (χ0v) is 10.3. The average molecular weight is 301 g/mol. The molecule has 0 bridgehead atoms. The van der Waals surface area contributed by atoms with Gasteiger partial charge in [-0.25, -0.2) is 5.43 Å². The van der Waals surface area contributed by atoms with Crippen LogP contribution in [0.15, 0.2) is 23.3 Å². The molecule has 1 rings (SSSR count). The summed E-state index contributed by atoms with van der Waals surface area (Å²) in [6.07, 6.45) is -3.39. The van der Waals surface area contributed by atoms with Crippen LogP contribution >= 0.6 is 24.0 Å². The number of nitrogens with one attached hydrogen (secondary N) is 2. The number of benzene rings is 1. The Kier molecular flexibility index (Phi) is 5.93. The van der Waals surface area contributed by atoms with Crippen LogP contribution in [0, 0.1) is 5.41 Å². The molecule has 18 heavy (non-hydrogen) atoms. The first-order chi connectivity index (χ1) is 7.80. The molecule has 0 heterocycles.